The van der Waals surface area contributed by atoms with Crippen LogP contribution in [0.5, 0.6) is 0 Å². The fourth-order valence-corrected chi connectivity index (χ4v) is 4.18. The molecule has 0 aromatic heterocycles. The molecule has 0 aromatic carbocycles. The average molecular weight is 409 g/mol. The van der Waals surface area contributed by atoms with Gasteiger partial charge in [-0.05, 0) is 12.8 Å². The summed E-state index contributed by atoms with van der Waals surface area (Å²) < 4.78 is 84.9. The lowest BCUT2D eigenvalue weighted by atomic mass is 10.1. The van der Waals surface area contributed by atoms with E-state index in [0.29, 0.717) is 6.42 Å². The smallest absolute Gasteiger partial charge is 0.229 e. The fourth-order valence-electron chi connectivity index (χ4n) is 2.74. The van der Waals surface area contributed by atoms with Gasteiger partial charge in [0.25, 0.3) is 0 Å². The minimum absolute atomic E-state index is 0.137. The van der Waals surface area contributed by atoms with E-state index in [1.54, 1.807) is 0 Å². The number of hydrogen-bond acceptors (Lipinski definition) is 2. The van der Waals surface area contributed by atoms with Crippen molar-refractivity contribution in [3.05, 3.63) is 0 Å². The van der Waals surface area contributed by atoms with Gasteiger partial charge in [-0.3, -0.25) is 0 Å². The summed E-state index contributed by atoms with van der Waals surface area (Å²) in [5.74, 6) is -5.57. The van der Waals surface area contributed by atoms with Gasteiger partial charge in [0.2, 0.25) is 0 Å². The first-order valence-corrected chi connectivity index (χ1v) is 11.5. The Balaban J connectivity index is 3.67. The Morgan fingerprint density at radius 1 is 0.615 bits per heavy atom. The van der Waals surface area contributed by atoms with Crippen molar-refractivity contribution >= 4 is 9.84 Å². The molecule has 26 heavy (non-hydrogen) atoms. The van der Waals surface area contributed by atoms with Gasteiger partial charge in [0.05, 0.1) is 11.5 Å². The minimum Gasteiger partial charge on any atom is -0.229 e. The average Bonchev–Trinajstić information content (AvgIpc) is 2.51. The van der Waals surface area contributed by atoms with Crippen molar-refractivity contribution in [3.8, 4) is 0 Å². The molecule has 0 radical (unpaired) electrons. The van der Waals surface area contributed by atoms with Crippen LogP contribution in [0, 0.1) is 0 Å². The zero-order chi connectivity index (χ0) is 20.1. The third kappa shape index (κ3) is 12.9. The van der Waals surface area contributed by atoms with Gasteiger partial charge in [0.1, 0.15) is 9.84 Å². The second-order valence-corrected chi connectivity index (χ2v) is 9.30. The van der Waals surface area contributed by atoms with Gasteiger partial charge < -0.3 is 0 Å². The van der Waals surface area contributed by atoms with E-state index in [1.165, 1.54) is 38.5 Å². The fraction of sp³-hybridized carbons (Fsp3) is 1.00. The van der Waals surface area contributed by atoms with E-state index in [1.807, 2.05) is 0 Å². The second kappa shape index (κ2) is 12.9. The predicted molar refractivity (Wildman–Crippen MR) is 95.4 cm³/mol. The molecule has 0 aliphatic rings. The Bertz CT molecular complexity index is 447. The van der Waals surface area contributed by atoms with Crippen LogP contribution in [0.2, 0.25) is 0 Å². The van der Waals surface area contributed by atoms with E-state index in [9.17, 15) is 30.4 Å². The molecule has 0 heterocycles. The minimum atomic E-state index is -5.62. The van der Waals surface area contributed by atoms with Crippen molar-refractivity contribution in [3.63, 3.8) is 0 Å². The molecule has 0 bridgehead atoms. The summed E-state index contributed by atoms with van der Waals surface area (Å²) in [4.78, 5) is 0. The predicted octanol–water partition coefficient (Wildman–Crippen LogP) is 6.69. The molecule has 0 saturated carbocycles. The van der Waals surface area contributed by atoms with Gasteiger partial charge in [0.15, 0.2) is 0 Å². The van der Waals surface area contributed by atoms with E-state index in [2.05, 4.69) is 6.92 Å². The van der Waals surface area contributed by atoms with E-state index < -0.39 is 40.5 Å². The molecule has 2 nitrogen and oxygen atoms in total. The van der Waals surface area contributed by atoms with E-state index in [4.69, 9.17) is 0 Å². The zero-order valence-corrected chi connectivity index (χ0v) is 16.5. The van der Waals surface area contributed by atoms with E-state index >= 15 is 0 Å². The van der Waals surface area contributed by atoms with Crippen molar-refractivity contribution < 1.29 is 30.4 Å². The first-order chi connectivity index (χ1) is 12.0. The molecule has 0 spiro atoms. The van der Waals surface area contributed by atoms with Gasteiger partial charge in [0, 0.05) is 6.42 Å². The molecule has 0 rings (SSSR count). The number of halogens is 5. The highest BCUT2D eigenvalue weighted by molar-refractivity contribution is 7.91. The highest BCUT2D eigenvalue weighted by atomic mass is 32.2. The highest BCUT2D eigenvalue weighted by Crippen LogP contribution is 2.38. The topological polar surface area (TPSA) is 34.1 Å². The molecule has 0 amide bonds. The van der Waals surface area contributed by atoms with Gasteiger partial charge in [-0.15, -0.1) is 0 Å². The van der Waals surface area contributed by atoms with Crippen LogP contribution in [-0.2, 0) is 9.84 Å². The summed E-state index contributed by atoms with van der Waals surface area (Å²) in [5.41, 5.74) is 0. The summed E-state index contributed by atoms with van der Waals surface area (Å²) in [6.07, 6.45) is 3.99. The maximum Gasteiger partial charge on any atom is 0.453 e. The largest absolute Gasteiger partial charge is 0.453 e. The lowest BCUT2D eigenvalue weighted by Crippen LogP contribution is -2.36. The number of hydrogen-bond donors (Lipinski definition) is 0. The van der Waals surface area contributed by atoms with Crippen LogP contribution in [0.1, 0.15) is 90.4 Å². The molecule has 0 saturated heterocycles. The van der Waals surface area contributed by atoms with Gasteiger partial charge in [-0.1, -0.05) is 71.1 Å². The molecule has 0 fully saturated rings. The maximum absolute atomic E-state index is 12.7. The van der Waals surface area contributed by atoms with Crippen molar-refractivity contribution in [2.75, 3.05) is 11.5 Å². The monoisotopic (exact) mass is 408 g/mol. The van der Waals surface area contributed by atoms with E-state index in [0.717, 1.165) is 25.7 Å². The van der Waals surface area contributed by atoms with Crippen LogP contribution < -0.4 is 0 Å². The van der Waals surface area contributed by atoms with Gasteiger partial charge >= 0.3 is 12.1 Å². The van der Waals surface area contributed by atoms with Gasteiger partial charge in [-0.2, -0.15) is 22.0 Å². The quantitative estimate of drug-likeness (QED) is 0.211. The molecule has 158 valence electrons. The Kier molecular flexibility index (Phi) is 12.7. The molecule has 0 atom stereocenters. The lowest BCUT2D eigenvalue weighted by molar-refractivity contribution is -0.284. The summed E-state index contributed by atoms with van der Waals surface area (Å²) in [5, 5.41) is 0. The second-order valence-electron chi connectivity index (χ2n) is 6.99. The molecule has 0 unspecified atom stereocenters. The number of unbranched alkanes of at least 4 members (excludes halogenated alkanes) is 10. The van der Waals surface area contributed by atoms with Crippen LogP contribution in [0.3, 0.4) is 0 Å². The molecule has 0 N–H and O–H groups in total. The molecular weight excluding hydrogens is 375 g/mol. The zero-order valence-electron chi connectivity index (χ0n) is 15.7. The lowest BCUT2D eigenvalue weighted by Gasteiger charge is -2.19. The van der Waals surface area contributed by atoms with Crippen molar-refractivity contribution in [2.24, 2.45) is 0 Å². The molecule has 0 aliphatic carbocycles. The van der Waals surface area contributed by atoms with Crippen molar-refractivity contribution in [2.45, 2.75) is 102 Å². The third-order valence-electron chi connectivity index (χ3n) is 4.42. The SMILES string of the molecule is CCCCCCCCCCCCCS(=O)(=O)CCCC(F)(F)C(F)(F)F. The van der Waals surface area contributed by atoms with Crippen LogP contribution >= 0.6 is 0 Å². The number of rotatable bonds is 16. The first kappa shape index (κ1) is 25.6. The van der Waals surface area contributed by atoms with E-state index in [-0.39, 0.29) is 5.75 Å². The van der Waals surface area contributed by atoms with Gasteiger partial charge in [-0.25, -0.2) is 8.42 Å². The van der Waals surface area contributed by atoms with Crippen molar-refractivity contribution in [1.29, 1.82) is 0 Å². The Hall–Kier alpha value is -0.400. The van der Waals surface area contributed by atoms with Crippen LogP contribution in [0.25, 0.3) is 0 Å². The molecule has 0 aliphatic heterocycles. The first-order valence-electron chi connectivity index (χ1n) is 9.67. The standard InChI is InChI=1S/C18H33F5O2S/c1-2-3-4-5-6-7-8-9-10-11-12-15-26(24,25)16-13-14-17(19,20)18(21,22)23/h2-16H2,1H3. The van der Waals surface area contributed by atoms with Crippen molar-refractivity contribution in [1.82, 2.24) is 0 Å². The molecular formula is C18H33F5O2S. The Morgan fingerprint density at radius 3 is 1.42 bits per heavy atom. The maximum atomic E-state index is 12.7. The highest BCUT2D eigenvalue weighted by Gasteiger charge is 2.56. The summed E-state index contributed by atoms with van der Waals surface area (Å²) in [7, 11) is -3.56. The number of alkyl halides is 5. The third-order valence-corrected chi connectivity index (χ3v) is 6.24. The van der Waals surface area contributed by atoms with Crippen LogP contribution in [0.4, 0.5) is 22.0 Å². The normalized spacial score (nSPS) is 13.3. The van der Waals surface area contributed by atoms with Crippen LogP contribution in [-0.4, -0.2) is 32.0 Å². The summed E-state index contributed by atoms with van der Waals surface area (Å²) >= 11 is 0. The number of sulfone groups is 1. The summed E-state index contributed by atoms with van der Waals surface area (Å²) in [6.45, 7) is 2.18. The Morgan fingerprint density at radius 2 is 1.00 bits per heavy atom. The Labute approximate surface area is 154 Å². The molecule has 0 aromatic rings. The van der Waals surface area contributed by atoms with Crippen LogP contribution in [0.15, 0.2) is 0 Å². The molecule has 8 heteroatoms. The summed E-state index contributed by atoms with van der Waals surface area (Å²) in [6, 6.07) is 0.